The van der Waals surface area contributed by atoms with Crippen LogP contribution in [0, 0.1) is 10.1 Å². The fourth-order valence-corrected chi connectivity index (χ4v) is 2.58. The molecule has 1 atom stereocenters. The molecule has 1 heterocycles. The summed E-state index contributed by atoms with van der Waals surface area (Å²) in [5, 5.41) is 16.0. The summed E-state index contributed by atoms with van der Waals surface area (Å²) >= 11 is 5.71. The van der Waals surface area contributed by atoms with E-state index in [1.54, 1.807) is 11.8 Å². The Hall–Kier alpha value is -2.35. The van der Waals surface area contributed by atoms with E-state index in [9.17, 15) is 19.7 Å². The SMILES string of the molecule is C[C@@H](CN1CCCC1=O)NC(=O)Nc1ccc(Cl)c([N+](=O)[O-])c1. The third-order valence-electron chi connectivity index (χ3n) is 3.44. The van der Waals surface area contributed by atoms with Crippen molar-refractivity contribution < 1.29 is 14.5 Å². The van der Waals surface area contributed by atoms with Crippen LogP contribution >= 0.6 is 11.6 Å². The number of hydrogen-bond acceptors (Lipinski definition) is 4. The number of urea groups is 1. The fourth-order valence-electron chi connectivity index (χ4n) is 2.39. The highest BCUT2D eigenvalue weighted by Gasteiger charge is 2.22. The highest BCUT2D eigenvalue weighted by molar-refractivity contribution is 6.32. The monoisotopic (exact) mass is 340 g/mol. The van der Waals surface area contributed by atoms with Gasteiger partial charge in [-0.15, -0.1) is 0 Å². The first-order valence-electron chi connectivity index (χ1n) is 7.16. The summed E-state index contributed by atoms with van der Waals surface area (Å²) in [7, 11) is 0. The second kappa shape index (κ2) is 7.28. The van der Waals surface area contributed by atoms with Crippen molar-refractivity contribution in [1.82, 2.24) is 10.2 Å². The molecule has 9 heteroatoms. The van der Waals surface area contributed by atoms with Gasteiger partial charge in [0.1, 0.15) is 5.02 Å². The van der Waals surface area contributed by atoms with E-state index in [2.05, 4.69) is 10.6 Å². The van der Waals surface area contributed by atoms with E-state index in [0.29, 0.717) is 19.5 Å². The number of nitro benzene ring substituents is 1. The number of nitrogens with zero attached hydrogens (tertiary/aromatic N) is 2. The molecule has 1 fully saturated rings. The molecule has 3 amide bonds. The molecule has 2 rings (SSSR count). The molecule has 23 heavy (non-hydrogen) atoms. The van der Waals surface area contributed by atoms with E-state index in [1.807, 2.05) is 0 Å². The van der Waals surface area contributed by atoms with Crippen molar-refractivity contribution in [1.29, 1.82) is 0 Å². The third-order valence-corrected chi connectivity index (χ3v) is 3.76. The molecule has 0 radical (unpaired) electrons. The van der Waals surface area contributed by atoms with E-state index in [4.69, 9.17) is 11.6 Å². The summed E-state index contributed by atoms with van der Waals surface area (Å²) in [6.07, 6.45) is 1.39. The number of amides is 3. The van der Waals surface area contributed by atoms with Crippen molar-refractivity contribution in [3.63, 3.8) is 0 Å². The predicted molar refractivity (Wildman–Crippen MR) is 85.5 cm³/mol. The van der Waals surface area contributed by atoms with Crippen LogP contribution in [0.15, 0.2) is 18.2 Å². The second-order valence-electron chi connectivity index (χ2n) is 5.37. The van der Waals surface area contributed by atoms with E-state index in [0.717, 1.165) is 6.42 Å². The molecule has 0 aliphatic carbocycles. The lowest BCUT2D eigenvalue weighted by molar-refractivity contribution is -0.384. The van der Waals surface area contributed by atoms with Gasteiger partial charge in [-0.1, -0.05) is 11.6 Å². The van der Waals surface area contributed by atoms with Crippen molar-refractivity contribution in [2.24, 2.45) is 0 Å². The molecule has 0 unspecified atom stereocenters. The van der Waals surface area contributed by atoms with Crippen molar-refractivity contribution >= 4 is 34.9 Å². The lowest BCUT2D eigenvalue weighted by atomic mass is 10.3. The maximum absolute atomic E-state index is 11.9. The minimum Gasteiger partial charge on any atom is -0.341 e. The number of likely N-dealkylation sites (tertiary alicyclic amines) is 1. The van der Waals surface area contributed by atoms with Crippen molar-refractivity contribution in [2.45, 2.75) is 25.8 Å². The van der Waals surface area contributed by atoms with Crippen molar-refractivity contribution in [3.8, 4) is 0 Å². The van der Waals surface area contributed by atoms with Gasteiger partial charge in [-0.25, -0.2) is 4.79 Å². The van der Waals surface area contributed by atoms with Gasteiger partial charge in [0.2, 0.25) is 5.91 Å². The van der Waals surface area contributed by atoms with E-state index >= 15 is 0 Å². The van der Waals surface area contributed by atoms with Gasteiger partial charge in [-0.2, -0.15) is 0 Å². The van der Waals surface area contributed by atoms with Crippen LogP contribution in [0.5, 0.6) is 0 Å². The number of carbonyl (C=O) groups is 2. The van der Waals surface area contributed by atoms with Gasteiger partial charge in [0.05, 0.1) is 4.92 Å². The topological polar surface area (TPSA) is 105 Å². The van der Waals surface area contributed by atoms with Crippen LogP contribution < -0.4 is 10.6 Å². The van der Waals surface area contributed by atoms with Crippen LogP contribution in [0.25, 0.3) is 0 Å². The minimum absolute atomic E-state index is 0.00173. The average molecular weight is 341 g/mol. The summed E-state index contributed by atoms with van der Waals surface area (Å²) in [5.74, 6) is 0.0902. The van der Waals surface area contributed by atoms with E-state index < -0.39 is 11.0 Å². The minimum atomic E-state index is -0.618. The number of halogens is 1. The Morgan fingerprint density at radius 2 is 2.26 bits per heavy atom. The summed E-state index contributed by atoms with van der Waals surface area (Å²) in [6, 6.07) is 3.28. The van der Waals surface area contributed by atoms with Crippen molar-refractivity contribution in [2.75, 3.05) is 18.4 Å². The number of anilines is 1. The first-order chi connectivity index (χ1) is 10.9. The van der Waals surface area contributed by atoms with Crippen molar-refractivity contribution in [3.05, 3.63) is 33.3 Å². The molecule has 0 aromatic heterocycles. The third kappa shape index (κ3) is 4.56. The molecular weight excluding hydrogens is 324 g/mol. The van der Waals surface area contributed by atoms with Crippen LogP contribution in [0.3, 0.4) is 0 Å². The predicted octanol–water partition coefficient (Wildman–Crippen LogP) is 2.38. The van der Waals surface area contributed by atoms with Gasteiger partial charge < -0.3 is 15.5 Å². The zero-order valence-corrected chi connectivity index (χ0v) is 13.3. The molecule has 8 nitrogen and oxygen atoms in total. The molecular formula is C14H17ClN4O4. The highest BCUT2D eigenvalue weighted by Crippen LogP contribution is 2.27. The molecule has 0 bridgehead atoms. The maximum Gasteiger partial charge on any atom is 0.319 e. The normalized spacial score (nSPS) is 15.4. The van der Waals surface area contributed by atoms with Gasteiger partial charge in [-0.05, 0) is 25.5 Å². The Balaban J connectivity index is 1.90. The Morgan fingerprint density at radius 3 is 2.87 bits per heavy atom. The lowest BCUT2D eigenvalue weighted by Gasteiger charge is -2.21. The van der Waals surface area contributed by atoms with Crippen LogP contribution in [-0.4, -0.2) is 40.9 Å². The molecule has 1 aromatic rings. The zero-order chi connectivity index (χ0) is 17.0. The quantitative estimate of drug-likeness (QED) is 0.634. The first kappa shape index (κ1) is 17.0. The van der Waals surface area contributed by atoms with Crippen LogP contribution in [0.2, 0.25) is 5.02 Å². The van der Waals surface area contributed by atoms with Gasteiger partial charge in [0.25, 0.3) is 5.69 Å². The van der Waals surface area contributed by atoms with Gasteiger partial charge >= 0.3 is 6.03 Å². The van der Waals surface area contributed by atoms with E-state index in [-0.39, 0.29) is 28.3 Å². The molecule has 1 aliphatic rings. The van der Waals surface area contributed by atoms with Gasteiger partial charge in [0.15, 0.2) is 0 Å². The molecule has 1 saturated heterocycles. The smallest absolute Gasteiger partial charge is 0.319 e. The van der Waals surface area contributed by atoms with Gasteiger partial charge in [0, 0.05) is 37.3 Å². The second-order valence-corrected chi connectivity index (χ2v) is 5.77. The molecule has 2 N–H and O–H groups in total. The Morgan fingerprint density at radius 1 is 1.52 bits per heavy atom. The highest BCUT2D eigenvalue weighted by atomic mass is 35.5. The number of nitrogens with one attached hydrogen (secondary N) is 2. The fraction of sp³-hybridized carbons (Fsp3) is 0.429. The number of hydrogen-bond donors (Lipinski definition) is 2. The summed E-state index contributed by atoms with van der Waals surface area (Å²) in [6.45, 7) is 2.93. The lowest BCUT2D eigenvalue weighted by Crippen LogP contribution is -2.44. The van der Waals surface area contributed by atoms with Gasteiger partial charge in [-0.3, -0.25) is 14.9 Å². The van der Waals surface area contributed by atoms with Crippen LogP contribution in [-0.2, 0) is 4.79 Å². The maximum atomic E-state index is 11.9. The summed E-state index contributed by atoms with van der Waals surface area (Å²) in [5.41, 5.74) is -0.0109. The Kier molecular flexibility index (Phi) is 5.38. The summed E-state index contributed by atoms with van der Waals surface area (Å²) in [4.78, 5) is 35.4. The molecule has 1 aliphatic heterocycles. The Labute approximate surface area is 137 Å². The summed E-state index contributed by atoms with van der Waals surface area (Å²) < 4.78 is 0. The van der Waals surface area contributed by atoms with Crippen LogP contribution in [0.1, 0.15) is 19.8 Å². The number of rotatable bonds is 5. The molecule has 124 valence electrons. The largest absolute Gasteiger partial charge is 0.341 e. The number of nitro groups is 1. The Bertz CT molecular complexity index is 637. The molecule has 0 saturated carbocycles. The molecule has 0 spiro atoms. The van der Waals surface area contributed by atoms with Crippen LogP contribution in [0.4, 0.5) is 16.2 Å². The zero-order valence-electron chi connectivity index (χ0n) is 12.5. The number of carbonyl (C=O) groups excluding carboxylic acids is 2. The van der Waals surface area contributed by atoms with E-state index in [1.165, 1.54) is 18.2 Å². The first-order valence-corrected chi connectivity index (χ1v) is 7.54. The standard InChI is InChI=1S/C14H17ClN4O4/c1-9(8-18-6-2-3-13(18)20)16-14(21)17-10-4-5-11(15)12(7-10)19(22)23/h4-5,7,9H,2-3,6,8H2,1H3,(H2,16,17,21)/t9-/m0/s1. The average Bonchev–Trinajstić information content (AvgIpc) is 2.85. The molecule has 1 aromatic carbocycles. The number of benzene rings is 1.